The van der Waals surface area contributed by atoms with Gasteiger partial charge in [0, 0.05) is 44.5 Å². The zero-order chi connectivity index (χ0) is 22.0. The van der Waals surface area contributed by atoms with Gasteiger partial charge in [-0.05, 0) is 41.7 Å². The van der Waals surface area contributed by atoms with Gasteiger partial charge < -0.3 is 9.64 Å². The standard InChI is InChI=1S/C22H27FN4O3S/c1-3-16-11-24-22(25-12-16)26-13-17(14-26)15-30-21-5-4-19(10-20(21)23)18-6-8-27(9-7-18)31(2,28)29/h4-6,10-12,17H,3,7-9,13-15H2,1-2H3. The van der Waals surface area contributed by atoms with Gasteiger partial charge in [0.2, 0.25) is 16.0 Å². The van der Waals surface area contributed by atoms with Gasteiger partial charge in [-0.2, -0.15) is 4.31 Å². The molecule has 4 rings (SSSR count). The summed E-state index contributed by atoms with van der Waals surface area (Å²) in [5.41, 5.74) is 2.83. The lowest BCUT2D eigenvalue weighted by molar-refractivity contribution is 0.212. The molecule has 0 radical (unpaired) electrons. The van der Waals surface area contributed by atoms with E-state index in [2.05, 4.69) is 21.8 Å². The first-order valence-corrected chi connectivity index (χ1v) is 12.3. The molecular formula is C22H27FN4O3S. The molecule has 1 fully saturated rings. The van der Waals surface area contributed by atoms with Crippen LogP contribution >= 0.6 is 0 Å². The van der Waals surface area contributed by atoms with E-state index in [-0.39, 0.29) is 5.75 Å². The van der Waals surface area contributed by atoms with Crippen molar-refractivity contribution in [2.75, 3.05) is 43.9 Å². The summed E-state index contributed by atoms with van der Waals surface area (Å²) in [6.45, 7) is 4.81. The molecule has 2 aliphatic rings. The van der Waals surface area contributed by atoms with E-state index in [1.807, 2.05) is 24.5 Å². The Balaban J connectivity index is 1.29. The summed E-state index contributed by atoms with van der Waals surface area (Å²) >= 11 is 0. The lowest BCUT2D eigenvalue weighted by Crippen LogP contribution is -2.50. The summed E-state index contributed by atoms with van der Waals surface area (Å²) in [5.74, 6) is 0.856. The van der Waals surface area contributed by atoms with Crippen LogP contribution in [0.25, 0.3) is 5.57 Å². The highest BCUT2D eigenvalue weighted by atomic mass is 32.2. The molecule has 166 valence electrons. The Bertz CT molecular complexity index is 1070. The molecule has 1 saturated heterocycles. The zero-order valence-corrected chi connectivity index (χ0v) is 18.6. The molecule has 7 nitrogen and oxygen atoms in total. The molecule has 0 atom stereocenters. The van der Waals surface area contributed by atoms with Crippen LogP contribution in [-0.4, -0.2) is 61.7 Å². The van der Waals surface area contributed by atoms with E-state index in [0.29, 0.717) is 32.0 Å². The summed E-state index contributed by atoms with van der Waals surface area (Å²) in [4.78, 5) is 10.9. The Hall–Kier alpha value is -2.52. The summed E-state index contributed by atoms with van der Waals surface area (Å²) in [6, 6.07) is 4.95. The normalized spacial score (nSPS) is 17.9. The topological polar surface area (TPSA) is 75.6 Å². The molecule has 1 aromatic carbocycles. The molecule has 2 aromatic rings. The number of sulfonamides is 1. The van der Waals surface area contributed by atoms with Crippen LogP contribution in [0.2, 0.25) is 0 Å². The fraction of sp³-hybridized carbons (Fsp3) is 0.455. The van der Waals surface area contributed by atoms with E-state index in [4.69, 9.17) is 4.74 Å². The number of rotatable bonds is 7. The first kappa shape index (κ1) is 21.7. The minimum Gasteiger partial charge on any atom is -0.490 e. The van der Waals surface area contributed by atoms with Gasteiger partial charge >= 0.3 is 0 Å². The lowest BCUT2D eigenvalue weighted by atomic mass is 10.00. The zero-order valence-electron chi connectivity index (χ0n) is 17.8. The van der Waals surface area contributed by atoms with E-state index in [1.54, 1.807) is 6.07 Å². The van der Waals surface area contributed by atoms with Crippen LogP contribution in [-0.2, 0) is 16.4 Å². The number of halogens is 1. The molecule has 3 heterocycles. The van der Waals surface area contributed by atoms with Gasteiger partial charge in [-0.1, -0.05) is 19.1 Å². The smallest absolute Gasteiger partial charge is 0.225 e. The maximum absolute atomic E-state index is 14.6. The third-order valence-corrected chi connectivity index (χ3v) is 7.03. The van der Waals surface area contributed by atoms with E-state index >= 15 is 0 Å². The van der Waals surface area contributed by atoms with E-state index in [1.165, 1.54) is 16.6 Å². The monoisotopic (exact) mass is 446 g/mol. The first-order valence-electron chi connectivity index (χ1n) is 10.5. The predicted octanol–water partition coefficient (Wildman–Crippen LogP) is 2.74. The molecule has 31 heavy (non-hydrogen) atoms. The van der Waals surface area contributed by atoms with Gasteiger partial charge in [0.15, 0.2) is 11.6 Å². The van der Waals surface area contributed by atoms with Crippen molar-refractivity contribution in [3.05, 3.63) is 53.6 Å². The number of anilines is 1. The van der Waals surface area contributed by atoms with E-state index in [9.17, 15) is 12.8 Å². The van der Waals surface area contributed by atoms with Gasteiger partial charge in [-0.25, -0.2) is 22.8 Å². The molecule has 0 saturated carbocycles. The van der Waals surface area contributed by atoms with Crippen molar-refractivity contribution in [2.24, 2.45) is 5.92 Å². The van der Waals surface area contributed by atoms with Crippen molar-refractivity contribution in [1.82, 2.24) is 14.3 Å². The van der Waals surface area contributed by atoms with E-state index in [0.717, 1.165) is 42.2 Å². The number of hydrogen-bond donors (Lipinski definition) is 0. The Morgan fingerprint density at radius 2 is 1.97 bits per heavy atom. The number of ether oxygens (including phenoxy) is 1. The third-order valence-electron chi connectivity index (χ3n) is 5.76. The molecule has 9 heteroatoms. The van der Waals surface area contributed by atoms with Crippen LogP contribution in [0.15, 0.2) is 36.7 Å². The molecule has 2 aliphatic heterocycles. The highest BCUT2D eigenvalue weighted by molar-refractivity contribution is 7.88. The number of benzene rings is 1. The Morgan fingerprint density at radius 3 is 2.55 bits per heavy atom. The van der Waals surface area contributed by atoms with Crippen molar-refractivity contribution in [3.8, 4) is 5.75 Å². The number of hydrogen-bond acceptors (Lipinski definition) is 6. The van der Waals surface area contributed by atoms with Crippen molar-refractivity contribution in [3.63, 3.8) is 0 Å². The maximum atomic E-state index is 14.6. The summed E-state index contributed by atoms with van der Waals surface area (Å²) < 4.78 is 44.9. The van der Waals surface area contributed by atoms with Crippen molar-refractivity contribution in [1.29, 1.82) is 0 Å². The molecule has 0 spiro atoms. The molecule has 0 unspecified atom stereocenters. The predicted molar refractivity (Wildman–Crippen MR) is 118 cm³/mol. The fourth-order valence-electron chi connectivity index (χ4n) is 3.77. The molecule has 0 amide bonds. The number of aryl methyl sites for hydroxylation is 1. The van der Waals surface area contributed by atoms with Gasteiger partial charge in [-0.15, -0.1) is 0 Å². The second kappa shape index (κ2) is 8.92. The van der Waals surface area contributed by atoms with Gasteiger partial charge in [0.25, 0.3) is 0 Å². The van der Waals surface area contributed by atoms with Crippen LogP contribution < -0.4 is 9.64 Å². The highest BCUT2D eigenvalue weighted by Gasteiger charge is 2.29. The highest BCUT2D eigenvalue weighted by Crippen LogP contribution is 2.28. The van der Waals surface area contributed by atoms with Crippen molar-refractivity contribution in [2.45, 2.75) is 19.8 Å². The van der Waals surface area contributed by atoms with Crippen molar-refractivity contribution < 1.29 is 17.5 Å². The van der Waals surface area contributed by atoms with Crippen LogP contribution in [0.1, 0.15) is 24.5 Å². The molecule has 0 N–H and O–H groups in total. The quantitative estimate of drug-likeness (QED) is 0.651. The molecular weight excluding hydrogens is 419 g/mol. The van der Waals surface area contributed by atoms with Crippen molar-refractivity contribution >= 4 is 21.5 Å². The lowest BCUT2D eigenvalue weighted by Gasteiger charge is -2.38. The minimum absolute atomic E-state index is 0.236. The minimum atomic E-state index is -3.20. The fourth-order valence-corrected chi connectivity index (χ4v) is 4.54. The van der Waals surface area contributed by atoms with Crippen LogP contribution in [0.4, 0.5) is 10.3 Å². The largest absolute Gasteiger partial charge is 0.490 e. The van der Waals surface area contributed by atoms with E-state index < -0.39 is 15.8 Å². The molecule has 0 bridgehead atoms. The molecule has 0 aliphatic carbocycles. The number of aromatic nitrogens is 2. The maximum Gasteiger partial charge on any atom is 0.225 e. The Labute approximate surface area is 182 Å². The Kier molecular flexibility index (Phi) is 6.24. The van der Waals surface area contributed by atoms with Crippen LogP contribution in [0.5, 0.6) is 5.75 Å². The van der Waals surface area contributed by atoms with Gasteiger partial charge in [0.05, 0.1) is 12.9 Å². The third kappa shape index (κ3) is 5.04. The first-order chi connectivity index (χ1) is 14.8. The average molecular weight is 447 g/mol. The number of nitrogens with zero attached hydrogens (tertiary/aromatic N) is 4. The van der Waals surface area contributed by atoms with Gasteiger partial charge in [-0.3, -0.25) is 0 Å². The second-order valence-electron chi connectivity index (χ2n) is 8.07. The second-order valence-corrected chi connectivity index (χ2v) is 10.1. The summed E-state index contributed by atoms with van der Waals surface area (Å²) in [6.07, 6.45) is 8.22. The molecule has 1 aromatic heterocycles. The summed E-state index contributed by atoms with van der Waals surface area (Å²) in [5, 5.41) is 0. The summed E-state index contributed by atoms with van der Waals surface area (Å²) in [7, 11) is -3.20. The van der Waals surface area contributed by atoms with Crippen LogP contribution in [0.3, 0.4) is 0 Å². The van der Waals surface area contributed by atoms with Gasteiger partial charge in [0.1, 0.15) is 0 Å². The Morgan fingerprint density at radius 1 is 1.23 bits per heavy atom. The average Bonchev–Trinajstić information content (AvgIpc) is 2.73. The van der Waals surface area contributed by atoms with Crippen LogP contribution in [0, 0.1) is 11.7 Å². The SMILES string of the molecule is CCc1cnc(N2CC(COc3ccc(C4=CCN(S(C)(=O)=O)CC4)cc3F)C2)nc1.